The molecule has 0 aliphatic rings. The van der Waals surface area contributed by atoms with Gasteiger partial charge in [0.15, 0.2) is 0 Å². The Bertz CT molecular complexity index is 402. The molecule has 1 rings (SSSR count). The highest BCUT2D eigenvalue weighted by atomic mass is 35.5. The Hall–Kier alpha value is -0.440. The third-order valence-corrected chi connectivity index (χ3v) is 3.70. The minimum absolute atomic E-state index is 0.215. The predicted octanol–water partition coefficient (Wildman–Crippen LogP) is 5.32. The van der Waals surface area contributed by atoms with Crippen LogP contribution in [0.1, 0.15) is 46.5 Å². The van der Waals surface area contributed by atoms with Crippen molar-refractivity contribution in [2.45, 2.75) is 52.0 Å². The van der Waals surface area contributed by atoms with Crippen LogP contribution in [-0.4, -0.2) is 18.7 Å². The number of nitrogens with one attached hydrogen (secondary N) is 1. The summed E-state index contributed by atoms with van der Waals surface area (Å²) in [6.45, 7) is 8.33. The average molecular weight is 318 g/mol. The monoisotopic (exact) mass is 317 g/mol. The molecule has 0 fully saturated rings. The fourth-order valence-electron chi connectivity index (χ4n) is 1.82. The van der Waals surface area contributed by atoms with E-state index in [0.29, 0.717) is 22.4 Å². The Morgan fingerprint density at radius 3 is 2.45 bits per heavy atom. The van der Waals surface area contributed by atoms with Gasteiger partial charge in [0, 0.05) is 5.54 Å². The van der Waals surface area contributed by atoms with Crippen LogP contribution in [0, 0.1) is 0 Å². The maximum Gasteiger partial charge on any atom is 0.139 e. The molecule has 1 aromatic rings. The first-order valence-corrected chi connectivity index (χ1v) is 7.97. The van der Waals surface area contributed by atoms with Crippen molar-refractivity contribution in [2.24, 2.45) is 0 Å². The Morgan fingerprint density at radius 1 is 1.05 bits per heavy atom. The Labute approximate surface area is 132 Å². The first-order chi connectivity index (χ1) is 9.40. The van der Waals surface area contributed by atoms with Gasteiger partial charge in [0.1, 0.15) is 10.8 Å². The highest BCUT2D eigenvalue weighted by Crippen LogP contribution is 2.31. The van der Waals surface area contributed by atoms with Gasteiger partial charge in [-0.3, -0.25) is 0 Å². The molecule has 0 bridgehead atoms. The molecule has 0 saturated carbocycles. The van der Waals surface area contributed by atoms with E-state index in [2.05, 4.69) is 26.1 Å². The van der Waals surface area contributed by atoms with E-state index < -0.39 is 0 Å². The van der Waals surface area contributed by atoms with E-state index in [-0.39, 0.29) is 5.54 Å². The van der Waals surface area contributed by atoms with Crippen molar-refractivity contribution >= 4 is 23.2 Å². The Kier molecular flexibility index (Phi) is 7.71. The van der Waals surface area contributed by atoms with Crippen molar-refractivity contribution < 1.29 is 4.74 Å². The molecule has 0 amide bonds. The zero-order valence-corrected chi connectivity index (χ0v) is 14.2. The van der Waals surface area contributed by atoms with Crippen molar-refractivity contribution in [1.82, 2.24) is 5.32 Å². The zero-order chi connectivity index (χ0) is 15.0. The standard InChI is InChI=1S/C16H25Cl2NO/c1-16(2,3)19-11-6-4-5-7-12-20-14-10-8-9-13(17)15(14)18/h8-10,19H,4-7,11-12H2,1-3H3. The van der Waals surface area contributed by atoms with E-state index in [1.807, 2.05) is 12.1 Å². The van der Waals surface area contributed by atoms with Gasteiger partial charge >= 0.3 is 0 Å². The summed E-state index contributed by atoms with van der Waals surface area (Å²) >= 11 is 12.0. The molecule has 0 aliphatic carbocycles. The Morgan fingerprint density at radius 2 is 1.75 bits per heavy atom. The molecule has 1 aromatic carbocycles. The molecular formula is C16H25Cl2NO. The SMILES string of the molecule is CC(C)(C)NCCCCCCOc1cccc(Cl)c1Cl. The van der Waals surface area contributed by atoms with Crippen LogP contribution in [0.25, 0.3) is 0 Å². The molecule has 0 unspecified atom stereocenters. The maximum atomic E-state index is 6.05. The van der Waals surface area contributed by atoms with E-state index in [9.17, 15) is 0 Å². The van der Waals surface area contributed by atoms with Gasteiger partial charge in [0.25, 0.3) is 0 Å². The van der Waals surface area contributed by atoms with Crippen LogP contribution in [0.2, 0.25) is 10.0 Å². The molecule has 0 aliphatic heterocycles. The van der Waals surface area contributed by atoms with E-state index in [1.165, 1.54) is 19.3 Å². The van der Waals surface area contributed by atoms with Crippen LogP contribution in [-0.2, 0) is 0 Å². The number of hydrogen-bond donors (Lipinski definition) is 1. The first kappa shape index (κ1) is 17.6. The summed E-state index contributed by atoms with van der Waals surface area (Å²) in [6, 6.07) is 5.46. The molecule has 0 heterocycles. The number of benzene rings is 1. The topological polar surface area (TPSA) is 21.3 Å². The largest absolute Gasteiger partial charge is 0.492 e. The number of unbranched alkanes of at least 4 members (excludes halogenated alkanes) is 3. The minimum atomic E-state index is 0.215. The third-order valence-electron chi connectivity index (χ3n) is 2.90. The van der Waals surface area contributed by atoms with E-state index in [0.717, 1.165) is 13.0 Å². The summed E-state index contributed by atoms with van der Waals surface area (Å²) in [6.07, 6.45) is 4.63. The van der Waals surface area contributed by atoms with Gasteiger partial charge in [-0.15, -0.1) is 0 Å². The van der Waals surface area contributed by atoms with E-state index in [4.69, 9.17) is 27.9 Å². The number of hydrogen-bond acceptors (Lipinski definition) is 2. The molecule has 0 atom stereocenters. The zero-order valence-electron chi connectivity index (χ0n) is 12.6. The maximum absolute atomic E-state index is 6.05. The van der Waals surface area contributed by atoms with Gasteiger partial charge in [0.2, 0.25) is 0 Å². The van der Waals surface area contributed by atoms with Gasteiger partial charge in [-0.25, -0.2) is 0 Å². The molecular weight excluding hydrogens is 293 g/mol. The summed E-state index contributed by atoms with van der Waals surface area (Å²) in [7, 11) is 0. The highest BCUT2D eigenvalue weighted by molar-refractivity contribution is 6.42. The van der Waals surface area contributed by atoms with Crippen molar-refractivity contribution in [3.05, 3.63) is 28.2 Å². The van der Waals surface area contributed by atoms with Gasteiger partial charge < -0.3 is 10.1 Å². The van der Waals surface area contributed by atoms with Crippen LogP contribution in [0.15, 0.2) is 18.2 Å². The van der Waals surface area contributed by atoms with E-state index in [1.54, 1.807) is 6.07 Å². The van der Waals surface area contributed by atoms with Crippen LogP contribution < -0.4 is 10.1 Å². The van der Waals surface area contributed by atoms with Crippen molar-refractivity contribution in [2.75, 3.05) is 13.2 Å². The highest BCUT2D eigenvalue weighted by Gasteiger charge is 2.07. The summed E-state index contributed by atoms with van der Waals surface area (Å²) in [5.41, 5.74) is 0.215. The molecule has 4 heteroatoms. The van der Waals surface area contributed by atoms with Crippen molar-refractivity contribution in [3.63, 3.8) is 0 Å². The average Bonchev–Trinajstić information content (AvgIpc) is 2.36. The molecule has 0 saturated heterocycles. The van der Waals surface area contributed by atoms with Crippen molar-refractivity contribution in [1.29, 1.82) is 0 Å². The number of rotatable bonds is 8. The third kappa shape index (κ3) is 7.37. The minimum Gasteiger partial charge on any atom is -0.492 e. The number of halogens is 2. The molecule has 0 radical (unpaired) electrons. The molecule has 0 spiro atoms. The first-order valence-electron chi connectivity index (χ1n) is 7.22. The van der Waals surface area contributed by atoms with Gasteiger partial charge in [-0.1, -0.05) is 42.1 Å². The van der Waals surface area contributed by atoms with Gasteiger partial charge in [-0.2, -0.15) is 0 Å². The quantitative estimate of drug-likeness (QED) is 0.655. The molecule has 20 heavy (non-hydrogen) atoms. The fraction of sp³-hybridized carbons (Fsp3) is 0.625. The van der Waals surface area contributed by atoms with Gasteiger partial charge in [0.05, 0.1) is 11.6 Å². The lowest BCUT2D eigenvalue weighted by Gasteiger charge is -2.20. The lowest BCUT2D eigenvalue weighted by molar-refractivity contribution is 0.304. The lowest BCUT2D eigenvalue weighted by atomic mass is 10.1. The van der Waals surface area contributed by atoms with Crippen LogP contribution >= 0.6 is 23.2 Å². The molecule has 1 N–H and O–H groups in total. The van der Waals surface area contributed by atoms with Crippen LogP contribution in [0.4, 0.5) is 0 Å². The smallest absolute Gasteiger partial charge is 0.139 e. The second kappa shape index (κ2) is 8.76. The Balaban J connectivity index is 2.07. The molecule has 114 valence electrons. The summed E-state index contributed by atoms with van der Waals surface area (Å²) < 4.78 is 5.65. The number of ether oxygens (including phenoxy) is 1. The van der Waals surface area contributed by atoms with Crippen LogP contribution in [0.3, 0.4) is 0 Å². The lowest BCUT2D eigenvalue weighted by Crippen LogP contribution is -2.36. The predicted molar refractivity (Wildman–Crippen MR) is 88.2 cm³/mol. The van der Waals surface area contributed by atoms with Crippen molar-refractivity contribution in [3.8, 4) is 5.75 Å². The van der Waals surface area contributed by atoms with Crippen LogP contribution in [0.5, 0.6) is 5.75 Å². The normalized spacial score (nSPS) is 11.7. The summed E-state index contributed by atoms with van der Waals surface area (Å²) in [5.74, 6) is 0.675. The summed E-state index contributed by atoms with van der Waals surface area (Å²) in [4.78, 5) is 0. The van der Waals surface area contributed by atoms with E-state index >= 15 is 0 Å². The second-order valence-electron chi connectivity index (χ2n) is 5.99. The van der Waals surface area contributed by atoms with Gasteiger partial charge in [-0.05, 0) is 52.3 Å². The molecule has 2 nitrogen and oxygen atoms in total. The molecule has 0 aromatic heterocycles. The second-order valence-corrected chi connectivity index (χ2v) is 6.78. The summed E-state index contributed by atoms with van der Waals surface area (Å²) in [5, 5.41) is 4.53. The fourth-order valence-corrected chi connectivity index (χ4v) is 2.17.